The molecule has 4 nitrogen and oxygen atoms in total. The third-order valence-electron chi connectivity index (χ3n) is 3.69. The second-order valence-corrected chi connectivity index (χ2v) is 5.10. The Morgan fingerprint density at radius 1 is 1.28 bits per heavy atom. The van der Waals surface area contributed by atoms with Crippen molar-refractivity contribution in [2.24, 2.45) is 0 Å². The van der Waals surface area contributed by atoms with Crippen LogP contribution >= 0.6 is 0 Å². The van der Waals surface area contributed by atoms with Crippen LogP contribution in [0, 0.1) is 0 Å². The third-order valence-corrected chi connectivity index (χ3v) is 3.69. The van der Waals surface area contributed by atoms with Crippen molar-refractivity contribution in [1.29, 1.82) is 0 Å². The van der Waals surface area contributed by atoms with E-state index in [1.807, 2.05) is 4.90 Å². The molecule has 0 unspecified atom stereocenters. The normalized spacial score (nSPS) is 24.0. The molecule has 1 aliphatic heterocycles. The van der Waals surface area contributed by atoms with Gasteiger partial charge in [-0.25, -0.2) is 0 Å². The zero-order valence-corrected chi connectivity index (χ0v) is 11.0. The Bertz CT molecular complexity index is 471. The zero-order chi connectivity index (χ0) is 13.1. The third kappa shape index (κ3) is 2.63. The minimum absolute atomic E-state index is 0.0444. The SMILES string of the molecule is C[C@@H]1CCC[C@@H](C)N1C(=O)Cn1ccccc1=O. The van der Waals surface area contributed by atoms with Gasteiger partial charge < -0.3 is 9.47 Å². The lowest BCUT2D eigenvalue weighted by molar-refractivity contribution is -0.138. The zero-order valence-electron chi connectivity index (χ0n) is 11.0. The van der Waals surface area contributed by atoms with Gasteiger partial charge in [0.25, 0.3) is 5.56 Å². The lowest BCUT2D eigenvalue weighted by Gasteiger charge is -2.39. The fourth-order valence-corrected chi connectivity index (χ4v) is 2.73. The summed E-state index contributed by atoms with van der Waals surface area (Å²) < 4.78 is 1.47. The van der Waals surface area contributed by atoms with E-state index in [0.29, 0.717) is 0 Å². The van der Waals surface area contributed by atoms with Gasteiger partial charge in [0.2, 0.25) is 5.91 Å². The summed E-state index contributed by atoms with van der Waals surface area (Å²) in [5.41, 5.74) is -0.122. The Balaban J connectivity index is 2.12. The van der Waals surface area contributed by atoms with Gasteiger partial charge in [-0.15, -0.1) is 0 Å². The fourth-order valence-electron chi connectivity index (χ4n) is 2.73. The largest absolute Gasteiger partial charge is 0.336 e. The lowest BCUT2D eigenvalue weighted by atomic mass is 9.97. The molecule has 0 radical (unpaired) electrons. The summed E-state index contributed by atoms with van der Waals surface area (Å²) in [6.45, 7) is 4.32. The van der Waals surface area contributed by atoms with E-state index >= 15 is 0 Å². The van der Waals surface area contributed by atoms with Crippen molar-refractivity contribution in [1.82, 2.24) is 9.47 Å². The quantitative estimate of drug-likeness (QED) is 0.798. The Labute approximate surface area is 107 Å². The molecule has 0 aromatic carbocycles. The second kappa shape index (κ2) is 5.38. The Hall–Kier alpha value is -1.58. The summed E-state index contributed by atoms with van der Waals surface area (Å²) in [6, 6.07) is 5.50. The lowest BCUT2D eigenvalue weighted by Crippen LogP contribution is -2.49. The van der Waals surface area contributed by atoms with Gasteiger partial charge in [0, 0.05) is 24.3 Å². The molecule has 1 aromatic rings. The summed E-state index contributed by atoms with van der Waals surface area (Å²) in [5, 5.41) is 0. The van der Waals surface area contributed by atoms with Crippen molar-refractivity contribution >= 4 is 5.91 Å². The highest BCUT2D eigenvalue weighted by molar-refractivity contribution is 5.76. The van der Waals surface area contributed by atoms with Crippen LogP contribution in [-0.2, 0) is 11.3 Å². The van der Waals surface area contributed by atoms with E-state index in [-0.39, 0.29) is 30.1 Å². The number of carbonyl (C=O) groups excluding carboxylic acids is 1. The van der Waals surface area contributed by atoms with Crippen LogP contribution < -0.4 is 5.56 Å². The molecule has 1 aliphatic rings. The maximum Gasteiger partial charge on any atom is 0.250 e. The van der Waals surface area contributed by atoms with E-state index in [9.17, 15) is 9.59 Å². The molecule has 2 heterocycles. The molecule has 0 aliphatic carbocycles. The first-order valence-corrected chi connectivity index (χ1v) is 6.56. The number of hydrogen-bond acceptors (Lipinski definition) is 2. The number of likely N-dealkylation sites (tertiary alicyclic amines) is 1. The van der Waals surface area contributed by atoms with E-state index in [2.05, 4.69) is 13.8 Å². The van der Waals surface area contributed by atoms with Gasteiger partial charge >= 0.3 is 0 Å². The number of aromatic nitrogens is 1. The number of amides is 1. The van der Waals surface area contributed by atoms with Crippen LogP contribution in [0.2, 0.25) is 0 Å². The van der Waals surface area contributed by atoms with Crippen molar-refractivity contribution in [3.63, 3.8) is 0 Å². The second-order valence-electron chi connectivity index (χ2n) is 5.10. The van der Waals surface area contributed by atoms with Crippen LogP contribution in [0.5, 0.6) is 0 Å². The molecular formula is C14H20N2O2. The van der Waals surface area contributed by atoms with Crippen molar-refractivity contribution in [3.05, 3.63) is 34.7 Å². The minimum atomic E-state index is -0.122. The van der Waals surface area contributed by atoms with Gasteiger partial charge in [0.1, 0.15) is 6.54 Å². The van der Waals surface area contributed by atoms with Gasteiger partial charge in [-0.05, 0) is 39.2 Å². The van der Waals surface area contributed by atoms with Crippen LogP contribution in [0.1, 0.15) is 33.1 Å². The van der Waals surface area contributed by atoms with Crippen LogP contribution in [-0.4, -0.2) is 27.5 Å². The molecular weight excluding hydrogens is 228 g/mol. The number of nitrogens with zero attached hydrogens (tertiary/aromatic N) is 2. The topological polar surface area (TPSA) is 42.3 Å². The number of hydrogen-bond donors (Lipinski definition) is 0. The maximum absolute atomic E-state index is 12.3. The Kier molecular flexibility index (Phi) is 3.84. The molecule has 1 saturated heterocycles. The molecule has 98 valence electrons. The molecule has 1 aromatic heterocycles. The number of pyridine rings is 1. The van der Waals surface area contributed by atoms with Crippen molar-refractivity contribution in [2.75, 3.05) is 0 Å². The van der Waals surface area contributed by atoms with Crippen LogP contribution in [0.25, 0.3) is 0 Å². The summed E-state index contributed by atoms with van der Waals surface area (Å²) in [7, 11) is 0. The molecule has 1 fully saturated rings. The Morgan fingerprint density at radius 3 is 2.56 bits per heavy atom. The molecule has 1 amide bonds. The van der Waals surface area contributed by atoms with Crippen LogP contribution in [0.15, 0.2) is 29.2 Å². The number of piperidine rings is 1. The average Bonchev–Trinajstić information content (AvgIpc) is 2.32. The first-order valence-electron chi connectivity index (χ1n) is 6.56. The molecule has 18 heavy (non-hydrogen) atoms. The molecule has 0 saturated carbocycles. The fraction of sp³-hybridized carbons (Fsp3) is 0.571. The van der Waals surface area contributed by atoms with Crippen molar-refractivity contribution in [2.45, 2.75) is 51.7 Å². The van der Waals surface area contributed by atoms with E-state index in [1.165, 1.54) is 17.1 Å². The van der Waals surface area contributed by atoms with Crippen LogP contribution in [0.3, 0.4) is 0 Å². The van der Waals surface area contributed by atoms with Gasteiger partial charge in [-0.3, -0.25) is 9.59 Å². The maximum atomic E-state index is 12.3. The van der Waals surface area contributed by atoms with Gasteiger partial charge in [0.05, 0.1) is 0 Å². The first kappa shape index (κ1) is 12.9. The standard InChI is InChI=1S/C14H20N2O2/c1-11-6-5-7-12(2)16(11)14(18)10-15-9-4-3-8-13(15)17/h3-4,8-9,11-12H,5-7,10H2,1-2H3/t11-,12-/m1/s1. The van der Waals surface area contributed by atoms with E-state index in [4.69, 9.17) is 0 Å². The molecule has 0 N–H and O–H groups in total. The number of carbonyl (C=O) groups is 1. The summed E-state index contributed by atoms with van der Waals surface area (Å²) in [5.74, 6) is 0.0444. The summed E-state index contributed by atoms with van der Waals surface area (Å²) in [4.78, 5) is 25.8. The highest BCUT2D eigenvalue weighted by Crippen LogP contribution is 2.22. The smallest absolute Gasteiger partial charge is 0.250 e. The monoisotopic (exact) mass is 248 g/mol. The predicted octanol–water partition coefficient (Wildman–Crippen LogP) is 1.64. The molecule has 0 bridgehead atoms. The van der Waals surface area contributed by atoms with E-state index in [0.717, 1.165) is 12.8 Å². The average molecular weight is 248 g/mol. The highest BCUT2D eigenvalue weighted by Gasteiger charge is 2.28. The van der Waals surface area contributed by atoms with Gasteiger partial charge in [-0.2, -0.15) is 0 Å². The minimum Gasteiger partial charge on any atom is -0.336 e. The summed E-state index contributed by atoms with van der Waals surface area (Å²) in [6.07, 6.45) is 4.95. The van der Waals surface area contributed by atoms with Crippen molar-refractivity contribution in [3.8, 4) is 0 Å². The van der Waals surface area contributed by atoms with Gasteiger partial charge in [0.15, 0.2) is 0 Å². The van der Waals surface area contributed by atoms with E-state index in [1.54, 1.807) is 18.3 Å². The molecule has 0 spiro atoms. The molecule has 2 rings (SSSR count). The Morgan fingerprint density at radius 2 is 1.94 bits per heavy atom. The summed E-state index contributed by atoms with van der Waals surface area (Å²) >= 11 is 0. The first-order chi connectivity index (χ1) is 8.59. The van der Waals surface area contributed by atoms with Crippen molar-refractivity contribution < 1.29 is 4.79 Å². The number of rotatable bonds is 2. The highest BCUT2D eigenvalue weighted by atomic mass is 16.2. The van der Waals surface area contributed by atoms with E-state index < -0.39 is 0 Å². The molecule has 4 heteroatoms. The van der Waals surface area contributed by atoms with Crippen LogP contribution in [0.4, 0.5) is 0 Å². The van der Waals surface area contributed by atoms with Gasteiger partial charge in [-0.1, -0.05) is 6.07 Å². The molecule has 2 atom stereocenters. The predicted molar refractivity (Wildman–Crippen MR) is 70.3 cm³/mol.